The van der Waals surface area contributed by atoms with Crippen LogP contribution in [0.25, 0.3) is 16.9 Å². The Morgan fingerprint density at radius 3 is 2.76 bits per heavy atom. The summed E-state index contributed by atoms with van der Waals surface area (Å²) in [6.07, 6.45) is 3.51. The number of aromatic nitrogens is 5. The van der Waals surface area contributed by atoms with Crippen LogP contribution in [0.2, 0.25) is 0 Å². The van der Waals surface area contributed by atoms with Gasteiger partial charge in [0, 0.05) is 42.5 Å². The lowest BCUT2D eigenvalue weighted by molar-refractivity contribution is 0.630. The molecule has 0 unspecified atom stereocenters. The number of hydrogen-bond acceptors (Lipinski definition) is 4. The van der Waals surface area contributed by atoms with Crippen molar-refractivity contribution in [1.82, 2.24) is 24.4 Å². The minimum absolute atomic E-state index is 0.298. The van der Waals surface area contributed by atoms with Gasteiger partial charge >= 0.3 is 0 Å². The van der Waals surface area contributed by atoms with Crippen molar-refractivity contribution < 1.29 is 4.39 Å². The van der Waals surface area contributed by atoms with Crippen molar-refractivity contribution in [3.05, 3.63) is 65.9 Å². The highest BCUT2D eigenvalue weighted by Crippen LogP contribution is 2.24. The van der Waals surface area contributed by atoms with Crippen molar-refractivity contribution in [3.63, 3.8) is 0 Å². The van der Waals surface area contributed by atoms with Gasteiger partial charge < -0.3 is 5.32 Å². The van der Waals surface area contributed by atoms with Crippen LogP contribution in [0.1, 0.15) is 11.3 Å². The molecule has 3 aromatic heterocycles. The van der Waals surface area contributed by atoms with Gasteiger partial charge in [0.15, 0.2) is 5.65 Å². The van der Waals surface area contributed by atoms with E-state index in [2.05, 4.69) is 20.5 Å². The van der Waals surface area contributed by atoms with Crippen LogP contribution in [0, 0.1) is 12.7 Å². The molecule has 126 valence electrons. The van der Waals surface area contributed by atoms with Crippen molar-refractivity contribution in [2.24, 2.45) is 7.05 Å². The maximum Gasteiger partial charge on any atom is 0.157 e. The van der Waals surface area contributed by atoms with E-state index in [9.17, 15) is 4.39 Å². The summed E-state index contributed by atoms with van der Waals surface area (Å²) in [5.74, 6) is 0.449. The summed E-state index contributed by atoms with van der Waals surface area (Å²) in [5.41, 5.74) is 3.87. The van der Waals surface area contributed by atoms with Crippen LogP contribution in [0.15, 0.2) is 48.8 Å². The van der Waals surface area contributed by atoms with Crippen molar-refractivity contribution in [1.29, 1.82) is 0 Å². The van der Waals surface area contributed by atoms with Crippen LogP contribution in [0.5, 0.6) is 0 Å². The Balaban J connectivity index is 1.74. The summed E-state index contributed by atoms with van der Waals surface area (Å²) in [6.45, 7) is 2.61. The van der Waals surface area contributed by atoms with Crippen LogP contribution in [-0.2, 0) is 13.6 Å². The molecule has 0 saturated heterocycles. The molecule has 0 spiro atoms. The summed E-state index contributed by atoms with van der Waals surface area (Å²) < 4.78 is 17.7. The van der Waals surface area contributed by atoms with Crippen molar-refractivity contribution in [2.45, 2.75) is 13.5 Å². The van der Waals surface area contributed by atoms with Gasteiger partial charge in [0.2, 0.25) is 0 Å². The SMILES string of the molecule is Cc1c(CNc2cc(-c3ccccc3F)nc3ccnn23)cnn1C. The van der Waals surface area contributed by atoms with Crippen LogP contribution in [0.4, 0.5) is 10.2 Å². The lowest BCUT2D eigenvalue weighted by Gasteiger charge is -2.11. The molecule has 0 atom stereocenters. The molecular formula is C18H17FN6. The Hall–Kier alpha value is -3.22. The molecule has 4 aromatic rings. The topological polar surface area (TPSA) is 60.0 Å². The average Bonchev–Trinajstić information content (AvgIpc) is 3.21. The molecular weight excluding hydrogens is 319 g/mol. The van der Waals surface area contributed by atoms with Gasteiger partial charge in [-0.2, -0.15) is 14.7 Å². The van der Waals surface area contributed by atoms with E-state index in [1.807, 2.05) is 30.9 Å². The lowest BCUT2D eigenvalue weighted by atomic mass is 10.1. The first kappa shape index (κ1) is 15.3. The zero-order valence-electron chi connectivity index (χ0n) is 13.9. The average molecular weight is 336 g/mol. The van der Waals surface area contributed by atoms with Gasteiger partial charge in [-0.3, -0.25) is 4.68 Å². The predicted octanol–water partition coefficient (Wildman–Crippen LogP) is 3.19. The zero-order chi connectivity index (χ0) is 17.4. The number of anilines is 1. The van der Waals surface area contributed by atoms with E-state index in [1.165, 1.54) is 6.07 Å². The number of benzene rings is 1. The molecule has 0 bridgehead atoms. The first-order chi connectivity index (χ1) is 12.1. The fourth-order valence-electron chi connectivity index (χ4n) is 2.75. The van der Waals surface area contributed by atoms with Gasteiger partial charge in [-0.15, -0.1) is 0 Å². The van der Waals surface area contributed by atoms with E-state index in [0.717, 1.165) is 17.1 Å². The van der Waals surface area contributed by atoms with Crippen molar-refractivity contribution in [2.75, 3.05) is 5.32 Å². The Bertz CT molecular complexity index is 1050. The molecule has 4 rings (SSSR count). The van der Waals surface area contributed by atoms with Gasteiger partial charge in [-0.05, 0) is 19.1 Å². The molecule has 0 aliphatic heterocycles. The van der Waals surface area contributed by atoms with Gasteiger partial charge in [-0.25, -0.2) is 9.37 Å². The second-order valence-corrected chi connectivity index (χ2v) is 5.84. The maximum absolute atomic E-state index is 14.1. The molecule has 1 N–H and O–H groups in total. The number of halogens is 1. The molecule has 0 saturated carbocycles. The molecule has 0 aliphatic carbocycles. The number of rotatable bonds is 4. The molecule has 0 fully saturated rings. The highest BCUT2D eigenvalue weighted by atomic mass is 19.1. The first-order valence-electron chi connectivity index (χ1n) is 7.94. The molecule has 6 nitrogen and oxygen atoms in total. The highest BCUT2D eigenvalue weighted by molar-refractivity contribution is 5.66. The minimum Gasteiger partial charge on any atom is -0.366 e. The van der Waals surface area contributed by atoms with Crippen molar-refractivity contribution in [3.8, 4) is 11.3 Å². The Morgan fingerprint density at radius 1 is 1.16 bits per heavy atom. The molecule has 25 heavy (non-hydrogen) atoms. The minimum atomic E-state index is -0.298. The monoisotopic (exact) mass is 336 g/mol. The predicted molar refractivity (Wildman–Crippen MR) is 93.7 cm³/mol. The highest BCUT2D eigenvalue weighted by Gasteiger charge is 2.12. The Kier molecular flexibility index (Phi) is 3.68. The van der Waals surface area contributed by atoms with Crippen LogP contribution in [0.3, 0.4) is 0 Å². The lowest BCUT2D eigenvalue weighted by Crippen LogP contribution is -2.07. The second-order valence-electron chi connectivity index (χ2n) is 5.84. The molecule has 1 aromatic carbocycles. The smallest absolute Gasteiger partial charge is 0.157 e. The standard InChI is InChI=1S/C18H17FN6/c1-12-13(11-22-24(12)2)10-20-18-9-16(14-5-3-4-6-15(14)19)23-17-7-8-21-25(17)18/h3-9,11,20H,10H2,1-2H3. The van der Waals surface area contributed by atoms with Gasteiger partial charge in [0.25, 0.3) is 0 Å². The summed E-state index contributed by atoms with van der Waals surface area (Å²) in [5, 5.41) is 11.9. The Morgan fingerprint density at radius 2 is 2.00 bits per heavy atom. The summed E-state index contributed by atoms with van der Waals surface area (Å²) in [7, 11) is 1.91. The molecule has 0 radical (unpaired) electrons. The fourth-order valence-corrected chi connectivity index (χ4v) is 2.75. The summed E-state index contributed by atoms with van der Waals surface area (Å²) >= 11 is 0. The molecule has 3 heterocycles. The third-order valence-electron chi connectivity index (χ3n) is 4.31. The van der Waals surface area contributed by atoms with Gasteiger partial charge in [-0.1, -0.05) is 12.1 Å². The van der Waals surface area contributed by atoms with Crippen molar-refractivity contribution >= 4 is 11.5 Å². The molecule has 7 heteroatoms. The fraction of sp³-hybridized carbons (Fsp3) is 0.167. The van der Waals surface area contributed by atoms with Crippen LogP contribution in [-0.4, -0.2) is 24.4 Å². The van der Waals surface area contributed by atoms with E-state index in [4.69, 9.17) is 0 Å². The normalized spacial score (nSPS) is 11.2. The number of nitrogens with one attached hydrogen (secondary N) is 1. The third-order valence-corrected chi connectivity index (χ3v) is 4.31. The summed E-state index contributed by atoms with van der Waals surface area (Å²) in [6, 6.07) is 10.2. The third kappa shape index (κ3) is 2.73. The van der Waals surface area contributed by atoms with Gasteiger partial charge in [0.1, 0.15) is 11.6 Å². The molecule has 0 amide bonds. The Labute approximate surface area is 143 Å². The van der Waals surface area contributed by atoms with E-state index < -0.39 is 0 Å². The number of hydrogen-bond donors (Lipinski definition) is 1. The second kappa shape index (κ2) is 6.01. The number of fused-ring (bicyclic) bond motifs is 1. The molecule has 0 aliphatic rings. The van der Waals surface area contributed by atoms with E-state index in [1.54, 1.807) is 35.0 Å². The van der Waals surface area contributed by atoms with E-state index in [0.29, 0.717) is 23.4 Å². The van der Waals surface area contributed by atoms with Gasteiger partial charge in [0.05, 0.1) is 18.1 Å². The van der Waals surface area contributed by atoms with Crippen LogP contribution >= 0.6 is 0 Å². The summed E-state index contributed by atoms with van der Waals surface area (Å²) in [4.78, 5) is 4.51. The number of nitrogens with zero attached hydrogens (tertiary/aromatic N) is 5. The maximum atomic E-state index is 14.1. The number of aryl methyl sites for hydroxylation is 1. The van der Waals surface area contributed by atoms with E-state index in [-0.39, 0.29) is 5.82 Å². The van der Waals surface area contributed by atoms with Crippen LogP contribution < -0.4 is 5.32 Å². The zero-order valence-corrected chi connectivity index (χ0v) is 13.9. The first-order valence-corrected chi connectivity index (χ1v) is 7.94. The quantitative estimate of drug-likeness (QED) is 0.622. The largest absolute Gasteiger partial charge is 0.366 e. The van der Waals surface area contributed by atoms with E-state index >= 15 is 0 Å².